The van der Waals surface area contributed by atoms with Crippen LogP contribution in [0.1, 0.15) is 6.42 Å². The van der Waals surface area contributed by atoms with Crippen molar-refractivity contribution in [2.45, 2.75) is 17.9 Å². The number of aromatic nitrogens is 3. The fourth-order valence-corrected chi connectivity index (χ4v) is 2.84. The van der Waals surface area contributed by atoms with Crippen molar-refractivity contribution in [1.82, 2.24) is 19.5 Å². The second kappa shape index (κ2) is 6.14. The molecule has 0 aliphatic rings. The summed E-state index contributed by atoms with van der Waals surface area (Å²) in [5, 5.41) is 4.19. The zero-order valence-corrected chi connectivity index (χ0v) is 11.6. The third-order valence-corrected chi connectivity index (χ3v) is 4.09. The Morgan fingerprint density at radius 3 is 2.89 bits per heavy atom. The van der Waals surface area contributed by atoms with Gasteiger partial charge in [-0.1, -0.05) is 11.6 Å². The maximum atomic E-state index is 11.9. The third kappa shape index (κ3) is 4.02. The first kappa shape index (κ1) is 14.0. The Hall–Kier alpha value is -1.44. The molecule has 0 unspecified atom stereocenters. The van der Waals surface area contributed by atoms with Crippen LogP contribution in [0.15, 0.2) is 41.7 Å². The molecule has 2 aromatic heterocycles. The minimum absolute atomic E-state index is 0.117. The van der Waals surface area contributed by atoms with E-state index in [-0.39, 0.29) is 10.0 Å². The van der Waals surface area contributed by atoms with Gasteiger partial charge in [-0.25, -0.2) is 18.1 Å². The van der Waals surface area contributed by atoms with Gasteiger partial charge in [0.25, 0.3) is 0 Å². The summed E-state index contributed by atoms with van der Waals surface area (Å²) < 4.78 is 28.1. The highest BCUT2D eigenvalue weighted by Crippen LogP contribution is 2.12. The van der Waals surface area contributed by atoms with Gasteiger partial charge in [-0.15, -0.1) is 0 Å². The van der Waals surface area contributed by atoms with E-state index in [1.54, 1.807) is 10.9 Å². The topological polar surface area (TPSA) is 76.9 Å². The van der Waals surface area contributed by atoms with Crippen molar-refractivity contribution >= 4 is 21.6 Å². The van der Waals surface area contributed by atoms with Crippen molar-refractivity contribution in [2.75, 3.05) is 6.54 Å². The van der Waals surface area contributed by atoms with E-state index in [2.05, 4.69) is 14.8 Å². The number of halogens is 1. The Kier molecular flexibility index (Phi) is 4.52. The smallest absolute Gasteiger partial charge is 0.240 e. The second-order valence-corrected chi connectivity index (χ2v) is 5.99. The molecule has 2 rings (SSSR count). The minimum atomic E-state index is -3.53. The fourth-order valence-electron chi connectivity index (χ4n) is 1.52. The Morgan fingerprint density at radius 2 is 2.21 bits per heavy atom. The van der Waals surface area contributed by atoms with E-state index >= 15 is 0 Å². The number of sulfonamides is 1. The van der Waals surface area contributed by atoms with Crippen LogP contribution in [0.2, 0.25) is 5.15 Å². The standard InChI is InChI=1S/C11H13ClN4O2S/c12-11-9-10(3-6-13-11)19(17,18)15-5-2-8-16-7-1-4-14-16/h1,3-4,6-7,9,15H,2,5,8H2. The summed E-state index contributed by atoms with van der Waals surface area (Å²) in [6, 6.07) is 4.54. The summed E-state index contributed by atoms with van der Waals surface area (Å²) in [7, 11) is -3.53. The predicted molar refractivity (Wildman–Crippen MR) is 71.3 cm³/mol. The van der Waals surface area contributed by atoms with E-state index in [1.165, 1.54) is 18.3 Å². The Bertz CT molecular complexity index is 628. The lowest BCUT2D eigenvalue weighted by Gasteiger charge is -2.06. The van der Waals surface area contributed by atoms with Crippen molar-refractivity contribution in [3.05, 3.63) is 41.9 Å². The van der Waals surface area contributed by atoms with E-state index in [4.69, 9.17) is 11.6 Å². The van der Waals surface area contributed by atoms with Gasteiger partial charge in [0.1, 0.15) is 5.15 Å². The average Bonchev–Trinajstić information content (AvgIpc) is 2.88. The molecule has 0 saturated heterocycles. The molecule has 0 radical (unpaired) electrons. The van der Waals surface area contributed by atoms with Gasteiger partial charge in [0, 0.05) is 31.7 Å². The summed E-state index contributed by atoms with van der Waals surface area (Å²) >= 11 is 5.66. The first-order valence-electron chi connectivity index (χ1n) is 5.66. The predicted octanol–water partition coefficient (Wildman–Crippen LogP) is 1.30. The third-order valence-electron chi connectivity index (χ3n) is 2.42. The maximum Gasteiger partial charge on any atom is 0.240 e. The molecule has 2 heterocycles. The number of nitrogens with one attached hydrogen (secondary N) is 1. The Labute approximate surface area is 116 Å². The van der Waals surface area contributed by atoms with Crippen molar-refractivity contribution in [2.24, 2.45) is 0 Å². The SMILES string of the molecule is O=S(=O)(NCCCn1cccn1)c1ccnc(Cl)c1. The molecule has 0 spiro atoms. The van der Waals surface area contributed by atoms with Crippen LogP contribution in [-0.4, -0.2) is 29.7 Å². The van der Waals surface area contributed by atoms with Gasteiger partial charge in [0.15, 0.2) is 0 Å². The number of hydrogen-bond acceptors (Lipinski definition) is 4. The van der Waals surface area contributed by atoms with E-state index < -0.39 is 10.0 Å². The number of pyridine rings is 1. The highest BCUT2D eigenvalue weighted by molar-refractivity contribution is 7.89. The fraction of sp³-hybridized carbons (Fsp3) is 0.273. The molecule has 0 aliphatic heterocycles. The van der Waals surface area contributed by atoms with Crippen LogP contribution >= 0.6 is 11.6 Å². The molecule has 8 heteroatoms. The van der Waals surface area contributed by atoms with Crippen LogP contribution in [0.4, 0.5) is 0 Å². The maximum absolute atomic E-state index is 11.9. The van der Waals surface area contributed by atoms with Gasteiger partial charge in [-0.05, 0) is 24.6 Å². The van der Waals surface area contributed by atoms with Gasteiger partial charge in [-0.3, -0.25) is 4.68 Å². The lowest BCUT2D eigenvalue weighted by molar-refractivity contribution is 0.553. The largest absolute Gasteiger partial charge is 0.273 e. The highest BCUT2D eigenvalue weighted by Gasteiger charge is 2.13. The molecule has 0 amide bonds. The molecular formula is C11H13ClN4O2S. The van der Waals surface area contributed by atoms with E-state index in [0.717, 1.165) is 0 Å². The van der Waals surface area contributed by atoms with Crippen LogP contribution in [-0.2, 0) is 16.6 Å². The second-order valence-electron chi connectivity index (χ2n) is 3.83. The van der Waals surface area contributed by atoms with Crippen LogP contribution in [0.25, 0.3) is 0 Å². The summed E-state index contributed by atoms with van der Waals surface area (Å²) in [5.74, 6) is 0. The summed E-state index contributed by atoms with van der Waals surface area (Å²) in [5.41, 5.74) is 0. The molecule has 6 nitrogen and oxygen atoms in total. The zero-order valence-electron chi connectivity index (χ0n) is 10.0. The van der Waals surface area contributed by atoms with E-state index in [0.29, 0.717) is 19.5 Å². The monoisotopic (exact) mass is 300 g/mol. The molecule has 0 saturated carbocycles. The molecule has 2 aromatic rings. The minimum Gasteiger partial charge on any atom is -0.273 e. The van der Waals surface area contributed by atoms with Gasteiger partial charge in [0.2, 0.25) is 10.0 Å². The lowest BCUT2D eigenvalue weighted by Crippen LogP contribution is -2.25. The van der Waals surface area contributed by atoms with Crippen molar-refractivity contribution in [3.63, 3.8) is 0 Å². The van der Waals surface area contributed by atoms with Crippen molar-refractivity contribution in [3.8, 4) is 0 Å². The number of rotatable bonds is 6. The van der Waals surface area contributed by atoms with Crippen LogP contribution in [0.5, 0.6) is 0 Å². The molecular weight excluding hydrogens is 288 g/mol. The average molecular weight is 301 g/mol. The first-order valence-corrected chi connectivity index (χ1v) is 7.53. The molecule has 1 N–H and O–H groups in total. The lowest BCUT2D eigenvalue weighted by atomic mass is 10.4. The number of aryl methyl sites for hydroxylation is 1. The van der Waals surface area contributed by atoms with Crippen LogP contribution in [0.3, 0.4) is 0 Å². The van der Waals surface area contributed by atoms with Crippen molar-refractivity contribution in [1.29, 1.82) is 0 Å². The molecule has 0 aromatic carbocycles. The van der Waals surface area contributed by atoms with Gasteiger partial charge in [-0.2, -0.15) is 5.10 Å². The summed E-state index contributed by atoms with van der Waals surface area (Å²) in [6.45, 7) is 0.995. The Morgan fingerprint density at radius 1 is 1.37 bits per heavy atom. The molecule has 0 bridgehead atoms. The highest BCUT2D eigenvalue weighted by atomic mass is 35.5. The van der Waals surface area contributed by atoms with Gasteiger partial charge in [0.05, 0.1) is 4.90 Å². The first-order chi connectivity index (χ1) is 9.08. The van der Waals surface area contributed by atoms with Gasteiger partial charge >= 0.3 is 0 Å². The summed E-state index contributed by atoms with van der Waals surface area (Å²) in [4.78, 5) is 3.86. The quantitative estimate of drug-likeness (QED) is 0.644. The van der Waals surface area contributed by atoms with Gasteiger partial charge < -0.3 is 0 Å². The normalized spacial score (nSPS) is 11.6. The van der Waals surface area contributed by atoms with Crippen molar-refractivity contribution < 1.29 is 8.42 Å². The summed E-state index contributed by atoms with van der Waals surface area (Å²) in [6.07, 6.45) is 5.53. The van der Waals surface area contributed by atoms with Crippen LogP contribution in [0, 0.1) is 0 Å². The van der Waals surface area contributed by atoms with E-state index in [1.807, 2.05) is 12.3 Å². The zero-order chi connectivity index (χ0) is 13.7. The number of hydrogen-bond donors (Lipinski definition) is 1. The molecule has 0 fully saturated rings. The number of nitrogens with zero attached hydrogens (tertiary/aromatic N) is 3. The molecule has 102 valence electrons. The molecule has 0 atom stereocenters. The molecule has 19 heavy (non-hydrogen) atoms. The molecule has 0 aliphatic carbocycles. The van der Waals surface area contributed by atoms with E-state index in [9.17, 15) is 8.42 Å². The van der Waals surface area contributed by atoms with Crippen LogP contribution < -0.4 is 4.72 Å². The Balaban J connectivity index is 1.88.